The van der Waals surface area contributed by atoms with Crippen LogP contribution in [0.15, 0.2) is 40.9 Å². The van der Waals surface area contributed by atoms with Crippen molar-refractivity contribution in [1.29, 1.82) is 0 Å². The Bertz CT molecular complexity index is 636. The molecule has 0 saturated heterocycles. The molecule has 5 heteroatoms. The zero-order valence-electron chi connectivity index (χ0n) is 11.8. The summed E-state index contributed by atoms with van der Waals surface area (Å²) < 4.78 is 20.6. The molecule has 1 unspecified atom stereocenters. The third-order valence-corrected chi connectivity index (χ3v) is 4.78. The lowest BCUT2D eigenvalue weighted by molar-refractivity contribution is 0.406. The fourth-order valence-corrected chi connectivity index (χ4v) is 3.54. The molecule has 1 N–H and O–H groups in total. The van der Waals surface area contributed by atoms with Crippen LogP contribution in [0.25, 0.3) is 0 Å². The normalized spacial score (nSPS) is 12.2. The third-order valence-electron chi connectivity index (χ3n) is 3.35. The monoisotopic (exact) mass is 463 g/mol. The summed E-state index contributed by atoms with van der Waals surface area (Å²) in [7, 11) is 3.58. The lowest BCUT2D eigenvalue weighted by Crippen LogP contribution is -2.20. The lowest BCUT2D eigenvalue weighted by Gasteiger charge is -2.20. The summed E-state index contributed by atoms with van der Waals surface area (Å²) in [4.78, 5) is 0. The van der Waals surface area contributed by atoms with Crippen molar-refractivity contribution in [2.24, 2.45) is 0 Å². The fourth-order valence-electron chi connectivity index (χ4n) is 2.28. The van der Waals surface area contributed by atoms with Crippen LogP contribution in [0.2, 0.25) is 0 Å². The van der Waals surface area contributed by atoms with Gasteiger partial charge >= 0.3 is 0 Å². The first-order chi connectivity index (χ1) is 10.0. The van der Waals surface area contributed by atoms with E-state index in [0.717, 1.165) is 31.3 Å². The number of hydrogen-bond acceptors (Lipinski definition) is 2. The van der Waals surface area contributed by atoms with Crippen LogP contribution in [-0.4, -0.2) is 14.2 Å². The van der Waals surface area contributed by atoms with Gasteiger partial charge in [-0.2, -0.15) is 0 Å². The number of methoxy groups -OCH3 is 1. The van der Waals surface area contributed by atoms with Crippen LogP contribution in [0.5, 0.6) is 5.75 Å². The molecule has 2 rings (SSSR count). The second-order valence-electron chi connectivity index (χ2n) is 4.67. The van der Waals surface area contributed by atoms with Crippen molar-refractivity contribution in [2.45, 2.75) is 12.5 Å². The minimum Gasteiger partial charge on any atom is -0.496 e. The zero-order chi connectivity index (χ0) is 15.4. The SMILES string of the molecule is CNC(Cc1cc(Br)ccc1OC)c1ccc(F)cc1I. The Balaban J connectivity index is 2.33. The second-order valence-corrected chi connectivity index (χ2v) is 6.75. The van der Waals surface area contributed by atoms with Crippen molar-refractivity contribution in [3.05, 3.63) is 61.4 Å². The van der Waals surface area contributed by atoms with E-state index in [1.165, 1.54) is 6.07 Å². The summed E-state index contributed by atoms with van der Waals surface area (Å²) >= 11 is 5.66. The van der Waals surface area contributed by atoms with Gasteiger partial charge in [0.1, 0.15) is 11.6 Å². The fraction of sp³-hybridized carbons (Fsp3) is 0.250. The van der Waals surface area contributed by atoms with Crippen LogP contribution >= 0.6 is 38.5 Å². The average molecular weight is 464 g/mol. The molecular weight excluding hydrogens is 448 g/mol. The van der Waals surface area contributed by atoms with E-state index in [9.17, 15) is 4.39 Å². The highest BCUT2D eigenvalue weighted by atomic mass is 127. The molecule has 0 radical (unpaired) electrons. The highest BCUT2D eigenvalue weighted by Gasteiger charge is 2.16. The van der Waals surface area contributed by atoms with Crippen molar-refractivity contribution >= 4 is 38.5 Å². The van der Waals surface area contributed by atoms with Gasteiger partial charge in [-0.25, -0.2) is 4.39 Å². The molecule has 0 bridgehead atoms. The zero-order valence-corrected chi connectivity index (χ0v) is 15.5. The maximum absolute atomic E-state index is 13.3. The number of ether oxygens (including phenoxy) is 1. The quantitative estimate of drug-likeness (QED) is 0.648. The summed E-state index contributed by atoms with van der Waals surface area (Å²) in [5.41, 5.74) is 2.19. The first-order valence-corrected chi connectivity index (χ1v) is 8.37. The van der Waals surface area contributed by atoms with Gasteiger partial charge in [-0.3, -0.25) is 0 Å². The van der Waals surface area contributed by atoms with Gasteiger partial charge in [0.2, 0.25) is 0 Å². The Morgan fingerprint density at radius 1 is 1.29 bits per heavy atom. The molecule has 0 amide bonds. The second kappa shape index (κ2) is 7.56. The van der Waals surface area contributed by atoms with Crippen molar-refractivity contribution in [2.75, 3.05) is 14.2 Å². The Labute approximate surface area is 146 Å². The van der Waals surface area contributed by atoms with Gasteiger partial charge in [-0.15, -0.1) is 0 Å². The number of hydrogen-bond donors (Lipinski definition) is 1. The van der Waals surface area contributed by atoms with E-state index in [0.29, 0.717) is 0 Å². The third kappa shape index (κ3) is 4.17. The number of rotatable bonds is 5. The molecule has 0 aromatic heterocycles. The van der Waals surface area contributed by atoms with Gasteiger partial charge in [0.25, 0.3) is 0 Å². The van der Waals surface area contributed by atoms with E-state index >= 15 is 0 Å². The molecule has 1 atom stereocenters. The van der Waals surface area contributed by atoms with E-state index in [4.69, 9.17) is 4.74 Å². The van der Waals surface area contributed by atoms with E-state index in [2.05, 4.69) is 49.9 Å². The van der Waals surface area contributed by atoms with Crippen LogP contribution in [0.4, 0.5) is 4.39 Å². The van der Waals surface area contributed by atoms with Crippen molar-refractivity contribution in [3.8, 4) is 5.75 Å². The molecule has 0 aliphatic carbocycles. The predicted octanol–water partition coefficient (Wildman–Crippen LogP) is 4.70. The number of likely N-dealkylation sites (N-methyl/N-ethyl adjacent to an activating group) is 1. The Morgan fingerprint density at radius 3 is 2.67 bits per heavy atom. The first kappa shape index (κ1) is 16.7. The maximum atomic E-state index is 13.3. The van der Waals surface area contributed by atoms with E-state index in [-0.39, 0.29) is 11.9 Å². The predicted molar refractivity (Wildman–Crippen MR) is 95.3 cm³/mol. The Kier molecular flexibility index (Phi) is 6.01. The summed E-state index contributed by atoms with van der Waals surface area (Å²) in [5, 5.41) is 3.30. The molecule has 0 saturated carbocycles. The summed E-state index contributed by atoms with van der Waals surface area (Å²) in [6.45, 7) is 0. The minimum absolute atomic E-state index is 0.0979. The van der Waals surface area contributed by atoms with Crippen LogP contribution in [0, 0.1) is 9.39 Å². The Hall–Kier alpha value is -0.660. The maximum Gasteiger partial charge on any atom is 0.124 e. The molecule has 0 aliphatic heterocycles. The van der Waals surface area contributed by atoms with Gasteiger partial charge in [0, 0.05) is 14.1 Å². The topological polar surface area (TPSA) is 21.3 Å². The molecule has 2 nitrogen and oxygen atoms in total. The average Bonchev–Trinajstić information content (AvgIpc) is 2.45. The van der Waals surface area contributed by atoms with Gasteiger partial charge in [0.05, 0.1) is 7.11 Å². The minimum atomic E-state index is -0.210. The van der Waals surface area contributed by atoms with E-state index in [1.54, 1.807) is 13.2 Å². The van der Waals surface area contributed by atoms with Gasteiger partial charge in [0.15, 0.2) is 0 Å². The van der Waals surface area contributed by atoms with Crippen LogP contribution in [0.3, 0.4) is 0 Å². The molecule has 21 heavy (non-hydrogen) atoms. The van der Waals surface area contributed by atoms with Crippen molar-refractivity contribution in [3.63, 3.8) is 0 Å². The first-order valence-electron chi connectivity index (χ1n) is 6.49. The molecule has 2 aromatic rings. The molecule has 112 valence electrons. The Morgan fingerprint density at radius 2 is 2.05 bits per heavy atom. The van der Waals surface area contributed by atoms with Gasteiger partial charge in [-0.1, -0.05) is 22.0 Å². The summed E-state index contributed by atoms with van der Waals surface area (Å²) in [5.74, 6) is 0.647. The summed E-state index contributed by atoms with van der Waals surface area (Å²) in [6, 6.07) is 10.9. The van der Waals surface area contributed by atoms with Crippen LogP contribution in [-0.2, 0) is 6.42 Å². The molecule has 0 fully saturated rings. The smallest absolute Gasteiger partial charge is 0.124 e. The molecule has 2 aromatic carbocycles. The number of benzene rings is 2. The molecular formula is C16H16BrFINO. The molecule has 0 spiro atoms. The van der Waals surface area contributed by atoms with Crippen molar-refractivity contribution < 1.29 is 9.13 Å². The lowest BCUT2D eigenvalue weighted by atomic mass is 9.98. The number of halogens is 3. The highest BCUT2D eigenvalue weighted by Crippen LogP contribution is 2.29. The van der Waals surface area contributed by atoms with Gasteiger partial charge < -0.3 is 10.1 Å². The highest BCUT2D eigenvalue weighted by molar-refractivity contribution is 14.1. The molecule has 0 aliphatic rings. The summed E-state index contributed by atoms with van der Waals surface area (Å²) in [6.07, 6.45) is 0.765. The van der Waals surface area contributed by atoms with Crippen LogP contribution < -0.4 is 10.1 Å². The van der Waals surface area contributed by atoms with Crippen LogP contribution in [0.1, 0.15) is 17.2 Å². The molecule has 0 heterocycles. The van der Waals surface area contributed by atoms with E-state index < -0.39 is 0 Å². The standard InChI is InChI=1S/C16H16BrFINO/c1-20-15(13-5-4-12(18)9-14(13)19)8-10-7-11(17)3-6-16(10)21-2/h3-7,9,15,20H,8H2,1-2H3. The van der Waals surface area contributed by atoms with Crippen molar-refractivity contribution in [1.82, 2.24) is 5.32 Å². The number of nitrogens with one attached hydrogen (secondary N) is 1. The van der Waals surface area contributed by atoms with E-state index in [1.807, 2.05) is 25.2 Å². The van der Waals surface area contributed by atoms with Gasteiger partial charge in [-0.05, 0) is 77.5 Å². The largest absolute Gasteiger partial charge is 0.496 e.